The minimum Gasteiger partial charge on any atom is -0.494 e. The van der Waals surface area contributed by atoms with E-state index in [2.05, 4.69) is 0 Å². The zero-order chi connectivity index (χ0) is 19.3. The summed E-state index contributed by atoms with van der Waals surface area (Å²) in [5.41, 5.74) is 0.165. The van der Waals surface area contributed by atoms with Crippen molar-refractivity contribution in [1.29, 1.82) is 0 Å². The van der Waals surface area contributed by atoms with E-state index in [4.69, 9.17) is 14.2 Å². The predicted octanol–water partition coefficient (Wildman–Crippen LogP) is 2.33. The lowest BCUT2D eigenvalue weighted by atomic mass is 10.2. The van der Waals surface area contributed by atoms with E-state index in [1.807, 2.05) is 6.92 Å². The number of ether oxygens (including phenoxy) is 3. The van der Waals surface area contributed by atoms with Gasteiger partial charge in [0, 0.05) is 13.1 Å². The van der Waals surface area contributed by atoms with Crippen LogP contribution < -0.4 is 9.47 Å². The first-order valence-electron chi connectivity index (χ1n) is 8.63. The van der Waals surface area contributed by atoms with Gasteiger partial charge in [0.2, 0.25) is 10.0 Å². The molecule has 2 aromatic rings. The first kappa shape index (κ1) is 19.3. The summed E-state index contributed by atoms with van der Waals surface area (Å²) in [7, 11) is -3.67. The molecule has 1 aliphatic rings. The molecule has 8 heteroatoms. The Balaban J connectivity index is 1.75. The zero-order valence-electron chi connectivity index (χ0n) is 15.0. The van der Waals surface area contributed by atoms with Crippen LogP contribution in [0.25, 0.3) is 0 Å². The van der Waals surface area contributed by atoms with Crippen LogP contribution in [0.15, 0.2) is 53.4 Å². The van der Waals surface area contributed by atoms with Gasteiger partial charge in [-0.1, -0.05) is 6.07 Å². The topological polar surface area (TPSA) is 82.1 Å². The van der Waals surface area contributed by atoms with Gasteiger partial charge in [-0.3, -0.25) is 0 Å². The van der Waals surface area contributed by atoms with Crippen molar-refractivity contribution in [3.05, 3.63) is 54.1 Å². The number of carbonyl (C=O) groups excluding carboxylic acids is 1. The third kappa shape index (κ3) is 4.65. The molecule has 0 amide bonds. The van der Waals surface area contributed by atoms with Crippen LogP contribution in [0.3, 0.4) is 0 Å². The van der Waals surface area contributed by atoms with Crippen molar-refractivity contribution in [3.8, 4) is 11.5 Å². The van der Waals surface area contributed by atoms with Crippen LogP contribution in [-0.4, -0.2) is 51.6 Å². The second kappa shape index (κ2) is 8.51. The van der Waals surface area contributed by atoms with Crippen LogP contribution in [0.2, 0.25) is 0 Å². The maximum Gasteiger partial charge on any atom is 0.343 e. The van der Waals surface area contributed by atoms with E-state index in [-0.39, 0.29) is 10.5 Å². The van der Waals surface area contributed by atoms with Crippen molar-refractivity contribution in [1.82, 2.24) is 4.31 Å². The molecule has 27 heavy (non-hydrogen) atoms. The van der Waals surface area contributed by atoms with Gasteiger partial charge in [-0.05, 0) is 49.4 Å². The molecule has 0 unspecified atom stereocenters. The number of rotatable bonds is 6. The Labute approximate surface area is 158 Å². The van der Waals surface area contributed by atoms with E-state index in [9.17, 15) is 13.2 Å². The Bertz CT molecular complexity index is 889. The third-order valence-corrected chi connectivity index (χ3v) is 5.92. The average molecular weight is 391 g/mol. The number of carbonyl (C=O) groups is 1. The lowest BCUT2D eigenvalue weighted by molar-refractivity contribution is 0.0727. The molecule has 0 bridgehead atoms. The van der Waals surface area contributed by atoms with Gasteiger partial charge in [0.15, 0.2) is 0 Å². The molecule has 0 radical (unpaired) electrons. The van der Waals surface area contributed by atoms with E-state index in [1.54, 1.807) is 24.3 Å². The highest BCUT2D eigenvalue weighted by Crippen LogP contribution is 2.21. The molecule has 3 rings (SSSR count). The molecule has 7 nitrogen and oxygen atoms in total. The van der Waals surface area contributed by atoms with E-state index in [1.165, 1.54) is 28.6 Å². The van der Waals surface area contributed by atoms with Gasteiger partial charge in [-0.25, -0.2) is 13.2 Å². The zero-order valence-corrected chi connectivity index (χ0v) is 15.8. The monoisotopic (exact) mass is 391 g/mol. The second-order valence-corrected chi connectivity index (χ2v) is 7.78. The molecule has 144 valence electrons. The fourth-order valence-electron chi connectivity index (χ4n) is 2.66. The molecular weight excluding hydrogens is 370 g/mol. The fourth-order valence-corrected chi connectivity index (χ4v) is 4.11. The molecule has 0 aromatic heterocycles. The highest BCUT2D eigenvalue weighted by Gasteiger charge is 2.27. The highest BCUT2D eigenvalue weighted by atomic mass is 32.2. The number of esters is 1. The number of morpholine rings is 1. The SMILES string of the molecule is CCOc1ccc(OC(=O)c2cccc(S(=O)(=O)N3CCOCC3)c2)cc1. The number of sulfonamides is 1. The van der Waals surface area contributed by atoms with Crippen molar-refractivity contribution in [2.45, 2.75) is 11.8 Å². The van der Waals surface area contributed by atoms with Crippen LogP contribution in [-0.2, 0) is 14.8 Å². The van der Waals surface area contributed by atoms with Gasteiger partial charge in [0.05, 0.1) is 30.3 Å². The van der Waals surface area contributed by atoms with Crippen LogP contribution in [0.1, 0.15) is 17.3 Å². The van der Waals surface area contributed by atoms with E-state index < -0.39 is 16.0 Å². The van der Waals surface area contributed by atoms with E-state index in [0.29, 0.717) is 44.4 Å². The molecular formula is C19H21NO6S. The summed E-state index contributed by atoms with van der Waals surface area (Å²) < 4.78 is 42.7. The summed E-state index contributed by atoms with van der Waals surface area (Å²) in [4.78, 5) is 12.5. The van der Waals surface area contributed by atoms with Gasteiger partial charge in [-0.15, -0.1) is 0 Å². The molecule has 0 aliphatic carbocycles. The fraction of sp³-hybridized carbons (Fsp3) is 0.316. The highest BCUT2D eigenvalue weighted by molar-refractivity contribution is 7.89. The number of hydrogen-bond donors (Lipinski definition) is 0. The van der Waals surface area contributed by atoms with Gasteiger partial charge in [0.1, 0.15) is 11.5 Å². The van der Waals surface area contributed by atoms with Crippen LogP contribution >= 0.6 is 0 Å². The van der Waals surface area contributed by atoms with Gasteiger partial charge in [0.25, 0.3) is 0 Å². The molecule has 2 aromatic carbocycles. The number of nitrogens with zero attached hydrogens (tertiary/aromatic N) is 1. The Morgan fingerprint density at radius 3 is 2.41 bits per heavy atom. The molecule has 1 saturated heterocycles. The number of hydrogen-bond acceptors (Lipinski definition) is 6. The van der Waals surface area contributed by atoms with Crippen LogP contribution in [0, 0.1) is 0 Å². The molecule has 1 aliphatic heterocycles. The molecule has 0 N–H and O–H groups in total. The first-order valence-corrected chi connectivity index (χ1v) is 10.1. The summed E-state index contributed by atoms with van der Waals surface area (Å²) in [5.74, 6) is 0.402. The Hall–Kier alpha value is -2.42. The van der Waals surface area contributed by atoms with E-state index >= 15 is 0 Å². The summed E-state index contributed by atoms with van der Waals surface area (Å²) in [6.45, 7) is 3.74. The summed E-state index contributed by atoms with van der Waals surface area (Å²) in [6.07, 6.45) is 0. The normalized spacial score (nSPS) is 15.3. The minimum atomic E-state index is -3.67. The minimum absolute atomic E-state index is 0.0607. The maximum atomic E-state index is 12.7. The smallest absolute Gasteiger partial charge is 0.343 e. The van der Waals surface area contributed by atoms with Crippen molar-refractivity contribution in [3.63, 3.8) is 0 Å². The van der Waals surface area contributed by atoms with Gasteiger partial charge in [-0.2, -0.15) is 4.31 Å². The standard InChI is InChI=1S/C19H21NO6S/c1-2-25-16-6-8-17(9-7-16)26-19(21)15-4-3-5-18(14-15)27(22,23)20-10-12-24-13-11-20/h3-9,14H,2,10-13H2,1H3. The quantitative estimate of drug-likeness (QED) is 0.555. The van der Waals surface area contributed by atoms with Crippen molar-refractivity contribution in [2.24, 2.45) is 0 Å². The van der Waals surface area contributed by atoms with Crippen LogP contribution in [0.4, 0.5) is 0 Å². The molecule has 1 heterocycles. The number of benzene rings is 2. The molecule has 1 fully saturated rings. The molecule has 0 saturated carbocycles. The van der Waals surface area contributed by atoms with Crippen molar-refractivity contribution < 1.29 is 27.4 Å². The van der Waals surface area contributed by atoms with Gasteiger partial charge < -0.3 is 14.2 Å². The summed E-state index contributed by atoms with van der Waals surface area (Å²) >= 11 is 0. The Morgan fingerprint density at radius 1 is 1.07 bits per heavy atom. The predicted molar refractivity (Wildman–Crippen MR) is 98.6 cm³/mol. The van der Waals surface area contributed by atoms with Gasteiger partial charge >= 0.3 is 5.97 Å². The summed E-state index contributed by atoms with van der Waals surface area (Å²) in [6, 6.07) is 12.5. The summed E-state index contributed by atoms with van der Waals surface area (Å²) in [5, 5.41) is 0. The largest absolute Gasteiger partial charge is 0.494 e. The maximum absolute atomic E-state index is 12.7. The second-order valence-electron chi connectivity index (χ2n) is 5.84. The molecule has 0 spiro atoms. The van der Waals surface area contributed by atoms with Crippen LogP contribution in [0.5, 0.6) is 11.5 Å². The molecule has 0 atom stereocenters. The van der Waals surface area contributed by atoms with Crippen molar-refractivity contribution in [2.75, 3.05) is 32.9 Å². The average Bonchev–Trinajstić information content (AvgIpc) is 2.70. The van der Waals surface area contributed by atoms with Crippen molar-refractivity contribution >= 4 is 16.0 Å². The Morgan fingerprint density at radius 2 is 1.74 bits per heavy atom. The first-order chi connectivity index (χ1) is 13.0. The lowest BCUT2D eigenvalue weighted by Crippen LogP contribution is -2.40. The Kier molecular flexibility index (Phi) is 6.10. The third-order valence-electron chi connectivity index (χ3n) is 4.02. The lowest BCUT2D eigenvalue weighted by Gasteiger charge is -2.26. The van der Waals surface area contributed by atoms with E-state index in [0.717, 1.165) is 0 Å².